The molecule has 2 rings (SSSR count). The molecular formula is C16H32N2O. The average Bonchev–Trinajstić information content (AvgIpc) is 2.78. The molecule has 0 radical (unpaired) electrons. The highest BCUT2D eigenvalue weighted by Gasteiger charge is 2.39. The molecule has 19 heavy (non-hydrogen) atoms. The van der Waals surface area contributed by atoms with Crippen LogP contribution in [0.1, 0.15) is 64.2 Å². The van der Waals surface area contributed by atoms with E-state index in [1.165, 1.54) is 51.4 Å². The van der Waals surface area contributed by atoms with Crippen molar-refractivity contribution in [2.45, 2.75) is 81.9 Å². The molecule has 0 spiro atoms. The van der Waals surface area contributed by atoms with Crippen LogP contribution in [0.15, 0.2) is 0 Å². The van der Waals surface area contributed by atoms with Gasteiger partial charge in [-0.3, -0.25) is 0 Å². The quantitative estimate of drug-likeness (QED) is 0.779. The molecular weight excluding hydrogens is 236 g/mol. The van der Waals surface area contributed by atoms with Gasteiger partial charge in [0.05, 0.1) is 6.10 Å². The second-order valence-corrected chi connectivity index (χ2v) is 6.73. The van der Waals surface area contributed by atoms with Gasteiger partial charge in [0, 0.05) is 18.2 Å². The van der Waals surface area contributed by atoms with E-state index in [1.807, 2.05) is 0 Å². The third-order valence-electron chi connectivity index (χ3n) is 5.37. The first-order valence-corrected chi connectivity index (χ1v) is 8.20. The van der Waals surface area contributed by atoms with Gasteiger partial charge in [0.2, 0.25) is 0 Å². The highest BCUT2D eigenvalue weighted by molar-refractivity contribution is 4.98. The Morgan fingerprint density at radius 3 is 2.37 bits per heavy atom. The maximum Gasteiger partial charge on any atom is 0.0576 e. The smallest absolute Gasteiger partial charge is 0.0576 e. The topological polar surface area (TPSA) is 38.5 Å². The van der Waals surface area contributed by atoms with Crippen LogP contribution in [0.4, 0.5) is 0 Å². The Balaban J connectivity index is 1.92. The van der Waals surface area contributed by atoms with Crippen molar-refractivity contribution in [2.75, 3.05) is 20.7 Å². The van der Waals surface area contributed by atoms with Crippen molar-refractivity contribution in [3.05, 3.63) is 0 Å². The minimum absolute atomic E-state index is 0.231. The number of hydrogen-bond acceptors (Lipinski definition) is 3. The van der Waals surface area contributed by atoms with Crippen molar-refractivity contribution in [2.24, 2.45) is 5.73 Å². The fourth-order valence-electron chi connectivity index (χ4n) is 4.00. The van der Waals surface area contributed by atoms with Crippen LogP contribution < -0.4 is 5.73 Å². The van der Waals surface area contributed by atoms with Crippen molar-refractivity contribution in [1.82, 2.24) is 4.90 Å². The summed E-state index contributed by atoms with van der Waals surface area (Å²) in [6.07, 6.45) is 13.2. The average molecular weight is 268 g/mol. The van der Waals surface area contributed by atoms with Crippen molar-refractivity contribution in [3.63, 3.8) is 0 Å². The molecule has 1 saturated heterocycles. The highest BCUT2D eigenvalue weighted by atomic mass is 16.5. The first-order chi connectivity index (χ1) is 9.15. The molecule has 0 bridgehead atoms. The molecule has 0 aromatic heterocycles. The Labute approximate surface area is 118 Å². The summed E-state index contributed by atoms with van der Waals surface area (Å²) < 4.78 is 5.74. The zero-order chi connectivity index (χ0) is 13.7. The Bertz CT molecular complexity index is 253. The first kappa shape index (κ1) is 15.3. The molecule has 1 saturated carbocycles. The number of likely N-dealkylation sites (N-methyl/N-ethyl adjacent to an activating group) is 1. The number of ether oxygens (including phenoxy) is 1. The molecule has 0 amide bonds. The fraction of sp³-hybridized carbons (Fsp3) is 1.00. The summed E-state index contributed by atoms with van der Waals surface area (Å²) in [6.45, 7) is 0.957. The molecule has 2 unspecified atom stereocenters. The summed E-state index contributed by atoms with van der Waals surface area (Å²) in [6, 6.07) is 0.296. The summed E-state index contributed by atoms with van der Waals surface area (Å²) in [5, 5.41) is 0. The molecule has 0 aromatic rings. The fourth-order valence-corrected chi connectivity index (χ4v) is 4.00. The van der Waals surface area contributed by atoms with Crippen molar-refractivity contribution >= 4 is 0 Å². The largest absolute Gasteiger partial charge is 0.378 e. The van der Waals surface area contributed by atoms with Crippen LogP contribution in [-0.4, -0.2) is 43.3 Å². The predicted octanol–water partition coefficient (Wildman–Crippen LogP) is 2.93. The summed E-state index contributed by atoms with van der Waals surface area (Å²) in [4.78, 5) is 2.42. The maximum atomic E-state index is 6.63. The van der Waals surface area contributed by atoms with Crippen LogP contribution in [0.25, 0.3) is 0 Å². The molecule has 2 N–H and O–H groups in total. The highest BCUT2D eigenvalue weighted by Crippen LogP contribution is 2.35. The van der Waals surface area contributed by atoms with Gasteiger partial charge in [-0.25, -0.2) is 0 Å². The minimum Gasteiger partial charge on any atom is -0.378 e. The van der Waals surface area contributed by atoms with Crippen molar-refractivity contribution < 1.29 is 4.74 Å². The summed E-state index contributed by atoms with van der Waals surface area (Å²) in [7, 11) is 4.44. The zero-order valence-electron chi connectivity index (χ0n) is 12.9. The van der Waals surface area contributed by atoms with Crippen molar-refractivity contribution in [3.8, 4) is 0 Å². The zero-order valence-corrected chi connectivity index (χ0v) is 12.9. The number of nitrogens with zero attached hydrogens (tertiary/aromatic N) is 1. The number of hydrogen-bond donors (Lipinski definition) is 1. The number of nitrogens with two attached hydrogens (primary N) is 1. The van der Waals surface area contributed by atoms with E-state index in [9.17, 15) is 0 Å². The molecule has 2 fully saturated rings. The third-order valence-corrected chi connectivity index (χ3v) is 5.37. The van der Waals surface area contributed by atoms with Gasteiger partial charge in [0.1, 0.15) is 0 Å². The van der Waals surface area contributed by atoms with Gasteiger partial charge in [-0.05, 0) is 52.6 Å². The van der Waals surface area contributed by atoms with E-state index in [2.05, 4.69) is 19.0 Å². The van der Waals surface area contributed by atoms with Crippen LogP contribution in [0, 0.1) is 0 Å². The molecule has 3 heteroatoms. The van der Waals surface area contributed by atoms with E-state index >= 15 is 0 Å². The van der Waals surface area contributed by atoms with Crippen molar-refractivity contribution in [1.29, 1.82) is 0 Å². The Morgan fingerprint density at radius 2 is 1.84 bits per heavy atom. The standard InChI is InChI=1S/C16H32N2O/c1-18(2)16(11-5-3-4-6-12-16)15(17)10-9-14-8-7-13-19-14/h14-15H,3-13,17H2,1-2H3. The Hall–Kier alpha value is -0.120. The van der Waals surface area contributed by atoms with Gasteiger partial charge in [-0.15, -0.1) is 0 Å². The monoisotopic (exact) mass is 268 g/mol. The summed E-state index contributed by atoms with van der Waals surface area (Å²) in [5.74, 6) is 0. The van der Waals surface area contributed by atoms with Gasteiger partial charge >= 0.3 is 0 Å². The van der Waals surface area contributed by atoms with E-state index < -0.39 is 0 Å². The van der Waals surface area contributed by atoms with E-state index in [4.69, 9.17) is 10.5 Å². The molecule has 1 heterocycles. The van der Waals surface area contributed by atoms with Crippen LogP contribution in [0.3, 0.4) is 0 Å². The molecule has 2 aliphatic rings. The lowest BCUT2D eigenvalue weighted by Gasteiger charge is -2.44. The minimum atomic E-state index is 0.231. The van der Waals surface area contributed by atoms with Gasteiger partial charge in [0.15, 0.2) is 0 Å². The lowest BCUT2D eigenvalue weighted by Crippen LogP contribution is -2.57. The van der Waals surface area contributed by atoms with Crippen LogP contribution >= 0.6 is 0 Å². The molecule has 1 aliphatic heterocycles. The molecule has 1 aliphatic carbocycles. The third kappa shape index (κ3) is 3.71. The van der Waals surface area contributed by atoms with E-state index in [0.717, 1.165) is 19.4 Å². The maximum absolute atomic E-state index is 6.63. The van der Waals surface area contributed by atoms with Gasteiger partial charge in [-0.2, -0.15) is 0 Å². The SMILES string of the molecule is CN(C)C1(C(N)CCC2CCCO2)CCCCCC1. The molecule has 0 aromatic carbocycles. The van der Waals surface area contributed by atoms with Crippen LogP contribution in [-0.2, 0) is 4.74 Å². The van der Waals surface area contributed by atoms with Crippen LogP contribution in [0.5, 0.6) is 0 Å². The second-order valence-electron chi connectivity index (χ2n) is 6.73. The van der Waals surface area contributed by atoms with Crippen LogP contribution in [0.2, 0.25) is 0 Å². The second kappa shape index (κ2) is 7.05. The van der Waals surface area contributed by atoms with E-state index in [-0.39, 0.29) is 5.54 Å². The summed E-state index contributed by atoms with van der Waals surface area (Å²) >= 11 is 0. The van der Waals surface area contributed by atoms with E-state index in [1.54, 1.807) is 0 Å². The van der Waals surface area contributed by atoms with Gasteiger partial charge in [-0.1, -0.05) is 25.7 Å². The molecule has 112 valence electrons. The Morgan fingerprint density at radius 1 is 1.16 bits per heavy atom. The lowest BCUT2D eigenvalue weighted by molar-refractivity contribution is 0.0696. The van der Waals surface area contributed by atoms with E-state index in [0.29, 0.717) is 12.1 Å². The number of rotatable bonds is 5. The van der Waals surface area contributed by atoms with Gasteiger partial charge < -0.3 is 15.4 Å². The normalized spacial score (nSPS) is 29.4. The Kier molecular flexibility index (Phi) is 5.67. The molecule has 2 atom stereocenters. The predicted molar refractivity (Wildman–Crippen MR) is 80.3 cm³/mol. The summed E-state index contributed by atoms with van der Waals surface area (Å²) in [5.41, 5.74) is 6.87. The first-order valence-electron chi connectivity index (χ1n) is 8.20. The lowest BCUT2D eigenvalue weighted by atomic mass is 9.79. The molecule has 3 nitrogen and oxygen atoms in total. The van der Waals surface area contributed by atoms with Gasteiger partial charge in [0.25, 0.3) is 0 Å².